The Hall–Kier alpha value is -2.94. The normalized spacial score (nSPS) is 12.4. The molecule has 3 aromatic carbocycles. The number of benzene rings is 3. The van der Waals surface area contributed by atoms with Gasteiger partial charge in [-0.25, -0.2) is 9.97 Å². The summed E-state index contributed by atoms with van der Waals surface area (Å²) in [5.41, 5.74) is 2.24. The lowest BCUT2D eigenvalue weighted by Crippen LogP contribution is -2.10. The second-order valence-corrected chi connectivity index (χ2v) is 6.07. The van der Waals surface area contributed by atoms with Gasteiger partial charge in [-0.05, 0) is 42.3 Å². The van der Waals surface area contributed by atoms with Crippen LogP contribution in [0.3, 0.4) is 0 Å². The Kier molecular flexibility index (Phi) is 3.62. The van der Waals surface area contributed by atoms with Gasteiger partial charge in [-0.15, -0.1) is 0 Å². The lowest BCUT2D eigenvalue weighted by molar-refractivity contribution is 0.881. The molecule has 1 N–H and O–H groups in total. The van der Waals surface area contributed by atoms with Crippen LogP contribution in [0.5, 0.6) is 0 Å². The van der Waals surface area contributed by atoms with Crippen molar-refractivity contribution in [2.45, 2.75) is 19.9 Å². The molecule has 0 aliphatic rings. The molecule has 3 heteroatoms. The highest BCUT2D eigenvalue weighted by molar-refractivity contribution is 5.90. The van der Waals surface area contributed by atoms with Gasteiger partial charge in [-0.1, -0.05) is 54.6 Å². The summed E-state index contributed by atoms with van der Waals surface area (Å²) in [6, 6.07) is 23.2. The van der Waals surface area contributed by atoms with Gasteiger partial charge in [0.1, 0.15) is 11.6 Å². The summed E-state index contributed by atoms with van der Waals surface area (Å²) in [7, 11) is 0. The van der Waals surface area contributed by atoms with E-state index in [0.717, 1.165) is 22.5 Å². The molecule has 0 fully saturated rings. The van der Waals surface area contributed by atoms with Gasteiger partial charge in [0.2, 0.25) is 0 Å². The van der Waals surface area contributed by atoms with Gasteiger partial charge in [0.15, 0.2) is 0 Å². The van der Waals surface area contributed by atoms with Gasteiger partial charge in [0, 0.05) is 5.39 Å². The molecule has 0 saturated heterocycles. The molecule has 1 unspecified atom stereocenters. The van der Waals surface area contributed by atoms with Gasteiger partial charge < -0.3 is 5.32 Å². The van der Waals surface area contributed by atoms with Crippen LogP contribution in [0.15, 0.2) is 66.7 Å². The zero-order valence-electron chi connectivity index (χ0n) is 13.8. The lowest BCUT2D eigenvalue weighted by Gasteiger charge is -2.18. The lowest BCUT2D eigenvalue weighted by atomic mass is 9.99. The van der Waals surface area contributed by atoms with E-state index in [4.69, 9.17) is 0 Å². The summed E-state index contributed by atoms with van der Waals surface area (Å²) in [6.45, 7) is 4.11. The van der Waals surface area contributed by atoms with Crippen molar-refractivity contribution in [3.05, 3.63) is 78.1 Å². The number of aromatic nitrogens is 2. The molecule has 4 rings (SSSR count). The number of hydrogen-bond acceptors (Lipinski definition) is 3. The number of rotatable bonds is 3. The van der Waals surface area contributed by atoms with E-state index in [1.165, 1.54) is 16.3 Å². The van der Waals surface area contributed by atoms with Crippen LogP contribution in [0.2, 0.25) is 0 Å². The summed E-state index contributed by atoms with van der Waals surface area (Å²) in [6.07, 6.45) is 0. The molecule has 0 amide bonds. The fourth-order valence-corrected chi connectivity index (χ4v) is 3.21. The van der Waals surface area contributed by atoms with E-state index < -0.39 is 0 Å². The zero-order chi connectivity index (χ0) is 16.5. The Labute approximate surface area is 141 Å². The number of nitrogens with zero attached hydrogens (tertiary/aromatic N) is 2. The fraction of sp³-hybridized carbons (Fsp3) is 0.143. The third-order valence-corrected chi connectivity index (χ3v) is 4.36. The quantitative estimate of drug-likeness (QED) is 0.560. The second-order valence-electron chi connectivity index (χ2n) is 6.07. The number of fused-ring (bicyclic) bond motifs is 2. The molecule has 0 saturated carbocycles. The van der Waals surface area contributed by atoms with Crippen LogP contribution >= 0.6 is 0 Å². The van der Waals surface area contributed by atoms with Gasteiger partial charge in [-0.2, -0.15) is 0 Å². The van der Waals surface area contributed by atoms with Gasteiger partial charge >= 0.3 is 0 Å². The molecule has 1 aromatic heterocycles. The summed E-state index contributed by atoms with van der Waals surface area (Å²) < 4.78 is 0. The predicted octanol–water partition coefficient (Wildman–Crippen LogP) is 5.26. The van der Waals surface area contributed by atoms with Gasteiger partial charge in [0.05, 0.1) is 11.6 Å². The first-order valence-corrected chi connectivity index (χ1v) is 8.20. The van der Waals surface area contributed by atoms with Crippen molar-refractivity contribution < 1.29 is 0 Å². The van der Waals surface area contributed by atoms with E-state index in [9.17, 15) is 0 Å². The second kappa shape index (κ2) is 5.93. The summed E-state index contributed by atoms with van der Waals surface area (Å²) in [4.78, 5) is 9.14. The highest BCUT2D eigenvalue weighted by atomic mass is 15.0. The molecule has 4 aromatic rings. The van der Waals surface area contributed by atoms with E-state index in [1.54, 1.807) is 0 Å². The van der Waals surface area contributed by atoms with Crippen molar-refractivity contribution in [3.8, 4) is 0 Å². The Morgan fingerprint density at radius 1 is 0.792 bits per heavy atom. The van der Waals surface area contributed by atoms with Crippen molar-refractivity contribution >= 4 is 27.5 Å². The maximum atomic E-state index is 4.62. The minimum Gasteiger partial charge on any atom is -0.363 e. The van der Waals surface area contributed by atoms with E-state index in [2.05, 4.69) is 70.7 Å². The van der Waals surface area contributed by atoms with E-state index in [0.29, 0.717) is 0 Å². The monoisotopic (exact) mass is 313 g/mol. The van der Waals surface area contributed by atoms with Crippen molar-refractivity contribution in [1.82, 2.24) is 9.97 Å². The SMILES string of the molecule is Cc1nc(NC(C)c2cccc3ccccc23)c2ccccc2n1. The Morgan fingerprint density at radius 2 is 1.50 bits per heavy atom. The highest BCUT2D eigenvalue weighted by Crippen LogP contribution is 2.28. The van der Waals surface area contributed by atoms with Crippen LogP contribution in [-0.4, -0.2) is 9.97 Å². The molecule has 1 heterocycles. The number of aryl methyl sites for hydroxylation is 1. The van der Waals surface area contributed by atoms with Gasteiger partial charge in [0.25, 0.3) is 0 Å². The van der Waals surface area contributed by atoms with Crippen molar-refractivity contribution in [1.29, 1.82) is 0 Å². The first-order valence-electron chi connectivity index (χ1n) is 8.20. The van der Waals surface area contributed by atoms with Crippen molar-refractivity contribution in [2.24, 2.45) is 0 Å². The third kappa shape index (κ3) is 2.58. The van der Waals surface area contributed by atoms with Crippen molar-refractivity contribution in [3.63, 3.8) is 0 Å². The van der Waals surface area contributed by atoms with Crippen LogP contribution < -0.4 is 5.32 Å². The maximum Gasteiger partial charge on any atom is 0.138 e. The average molecular weight is 313 g/mol. The summed E-state index contributed by atoms with van der Waals surface area (Å²) in [5.74, 6) is 1.67. The summed E-state index contributed by atoms with van der Waals surface area (Å²) in [5, 5.41) is 7.16. The van der Waals surface area contributed by atoms with Crippen LogP contribution in [0.4, 0.5) is 5.82 Å². The number of nitrogens with one attached hydrogen (secondary N) is 1. The molecule has 118 valence electrons. The van der Waals surface area contributed by atoms with Gasteiger partial charge in [-0.3, -0.25) is 0 Å². The zero-order valence-corrected chi connectivity index (χ0v) is 13.8. The first-order chi connectivity index (χ1) is 11.7. The number of para-hydroxylation sites is 1. The van der Waals surface area contributed by atoms with E-state index >= 15 is 0 Å². The molecular weight excluding hydrogens is 294 g/mol. The third-order valence-electron chi connectivity index (χ3n) is 4.36. The Morgan fingerprint density at radius 3 is 2.38 bits per heavy atom. The molecule has 0 aliphatic carbocycles. The molecule has 3 nitrogen and oxygen atoms in total. The molecule has 0 radical (unpaired) electrons. The minimum atomic E-state index is 0.147. The largest absolute Gasteiger partial charge is 0.363 e. The van der Waals surface area contributed by atoms with Crippen LogP contribution in [0.25, 0.3) is 21.7 Å². The molecule has 0 aliphatic heterocycles. The van der Waals surface area contributed by atoms with Crippen LogP contribution in [0, 0.1) is 6.92 Å². The van der Waals surface area contributed by atoms with Crippen molar-refractivity contribution in [2.75, 3.05) is 5.32 Å². The van der Waals surface area contributed by atoms with Crippen LogP contribution in [-0.2, 0) is 0 Å². The number of hydrogen-bond donors (Lipinski definition) is 1. The first kappa shape index (κ1) is 14.6. The topological polar surface area (TPSA) is 37.8 Å². The molecule has 1 atom stereocenters. The standard InChI is InChI=1S/C21H19N3/c1-14(17-12-7-9-16-8-3-4-10-18(16)17)22-21-19-11-5-6-13-20(19)23-15(2)24-21/h3-14H,1-2H3,(H,22,23,24). The molecule has 0 bridgehead atoms. The van der Waals surface area contributed by atoms with Crippen LogP contribution in [0.1, 0.15) is 24.4 Å². The maximum absolute atomic E-state index is 4.62. The smallest absolute Gasteiger partial charge is 0.138 e. The molecular formula is C21H19N3. The summed E-state index contributed by atoms with van der Waals surface area (Å²) >= 11 is 0. The van der Waals surface area contributed by atoms with E-state index in [1.807, 2.05) is 25.1 Å². The Balaban J connectivity index is 1.78. The number of anilines is 1. The average Bonchev–Trinajstić information content (AvgIpc) is 2.61. The van der Waals surface area contributed by atoms with E-state index in [-0.39, 0.29) is 6.04 Å². The fourth-order valence-electron chi connectivity index (χ4n) is 3.21. The Bertz CT molecular complexity index is 1020. The predicted molar refractivity (Wildman–Crippen MR) is 100 cm³/mol. The molecule has 0 spiro atoms. The molecule has 24 heavy (non-hydrogen) atoms. The minimum absolute atomic E-state index is 0.147. The highest BCUT2D eigenvalue weighted by Gasteiger charge is 2.12.